The molecule has 0 heterocycles. The van der Waals surface area contributed by atoms with E-state index in [2.05, 4.69) is 0 Å². The lowest BCUT2D eigenvalue weighted by atomic mass is 9.98. The van der Waals surface area contributed by atoms with Gasteiger partial charge in [-0.15, -0.1) is 0 Å². The van der Waals surface area contributed by atoms with Crippen LogP contribution in [0.15, 0.2) is 30.3 Å². The van der Waals surface area contributed by atoms with Gasteiger partial charge in [0.05, 0.1) is 7.11 Å². The van der Waals surface area contributed by atoms with Gasteiger partial charge in [0.1, 0.15) is 5.75 Å². The van der Waals surface area contributed by atoms with Crippen molar-refractivity contribution in [1.82, 2.24) is 0 Å². The fourth-order valence-corrected chi connectivity index (χ4v) is 2.28. The summed E-state index contributed by atoms with van der Waals surface area (Å²) >= 11 is 5.90. The van der Waals surface area contributed by atoms with Crippen LogP contribution in [0.2, 0.25) is 5.02 Å². The van der Waals surface area contributed by atoms with Crippen LogP contribution in [0.5, 0.6) is 5.75 Å². The van der Waals surface area contributed by atoms with E-state index in [0.717, 1.165) is 12.1 Å². The number of hydrogen-bond acceptors (Lipinski definition) is 2. The number of ether oxygens (including phenoxy) is 1. The molecule has 2 N–H and O–H groups in total. The third-order valence-electron chi connectivity index (χ3n) is 3.15. The van der Waals surface area contributed by atoms with Crippen molar-refractivity contribution in [2.24, 2.45) is 5.73 Å². The summed E-state index contributed by atoms with van der Waals surface area (Å²) in [5.41, 5.74) is 6.45. The number of benzene rings is 2. The first-order valence-corrected chi connectivity index (χ1v) is 6.53. The molecule has 0 aliphatic carbocycles. The number of methoxy groups -OCH3 is 1. The highest BCUT2D eigenvalue weighted by Crippen LogP contribution is 2.28. The summed E-state index contributed by atoms with van der Waals surface area (Å²) in [7, 11) is 1.48. The summed E-state index contributed by atoms with van der Waals surface area (Å²) in [5, 5.41) is 0.476. The maximum absolute atomic E-state index is 13.7. The van der Waals surface area contributed by atoms with Gasteiger partial charge in [0.2, 0.25) is 0 Å². The van der Waals surface area contributed by atoms with Crippen molar-refractivity contribution in [1.29, 1.82) is 0 Å². The number of halogens is 4. The summed E-state index contributed by atoms with van der Waals surface area (Å²) in [6, 6.07) is 6.07. The Labute approximate surface area is 125 Å². The van der Waals surface area contributed by atoms with Crippen molar-refractivity contribution in [3.63, 3.8) is 0 Å². The van der Waals surface area contributed by atoms with Crippen LogP contribution in [-0.2, 0) is 6.42 Å². The molecule has 2 aromatic carbocycles. The minimum Gasteiger partial charge on any atom is -0.496 e. The van der Waals surface area contributed by atoms with Gasteiger partial charge in [-0.1, -0.05) is 17.7 Å². The SMILES string of the molecule is COc1ccc(Cl)cc1CC(N)c1ccc(F)c(F)c1F. The van der Waals surface area contributed by atoms with Crippen LogP contribution in [0.3, 0.4) is 0 Å². The molecule has 2 rings (SSSR count). The number of rotatable bonds is 4. The minimum absolute atomic E-state index is 0.101. The minimum atomic E-state index is -1.53. The van der Waals surface area contributed by atoms with Crippen LogP contribution in [0, 0.1) is 17.5 Å². The van der Waals surface area contributed by atoms with Crippen molar-refractivity contribution >= 4 is 11.6 Å². The Kier molecular flexibility index (Phi) is 4.75. The highest BCUT2D eigenvalue weighted by molar-refractivity contribution is 6.30. The fraction of sp³-hybridized carbons (Fsp3) is 0.200. The highest BCUT2D eigenvalue weighted by atomic mass is 35.5. The molecule has 0 fully saturated rings. The maximum atomic E-state index is 13.7. The molecule has 0 aromatic heterocycles. The molecule has 6 heteroatoms. The molecule has 0 amide bonds. The Balaban J connectivity index is 2.32. The van der Waals surface area contributed by atoms with Crippen LogP contribution >= 0.6 is 11.6 Å². The van der Waals surface area contributed by atoms with Gasteiger partial charge < -0.3 is 10.5 Å². The quantitative estimate of drug-likeness (QED) is 0.865. The van der Waals surface area contributed by atoms with E-state index >= 15 is 0 Å². The van der Waals surface area contributed by atoms with Crippen LogP contribution in [0.1, 0.15) is 17.2 Å². The molecular weight excluding hydrogens is 303 g/mol. The Morgan fingerprint density at radius 1 is 1.14 bits per heavy atom. The van der Waals surface area contributed by atoms with E-state index in [-0.39, 0.29) is 12.0 Å². The normalized spacial score (nSPS) is 12.3. The van der Waals surface area contributed by atoms with E-state index in [1.54, 1.807) is 18.2 Å². The highest BCUT2D eigenvalue weighted by Gasteiger charge is 2.19. The van der Waals surface area contributed by atoms with Crippen molar-refractivity contribution in [3.05, 3.63) is 63.9 Å². The molecule has 0 radical (unpaired) electrons. The summed E-state index contributed by atoms with van der Waals surface area (Å²) in [6.45, 7) is 0. The van der Waals surface area contributed by atoms with E-state index < -0.39 is 23.5 Å². The molecule has 2 nitrogen and oxygen atoms in total. The van der Waals surface area contributed by atoms with Crippen molar-refractivity contribution in [2.75, 3.05) is 7.11 Å². The smallest absolute Gasteiger partial charge is 0.194 e. The third-order valence-corrected chi connectivity index (χ3v) is 3.38. The van der Waals surface area contributed by atoms with Crippen molar-refractivity contribution in [2.45, 2.75) is 12.5 Å². The molecule has 0 aliphatic rings. The first kappa shape index (κ1) is 15.7. The van der Waals surface area contributed by atoms with Gasteiger partial charge in [0, 0.05) is 16.6 Å². The van der Waals surface area contributed by atoms with Crippen LogP contribution in [-0.4, -0.2) is 7.11 Å². The van der Waals surface area contributed by atoms with Gasteiger partial charge in [0.15, 0.2) is 17.5 Å². The molecule has 21 heavy (non-hydrogen) atoms. The molecule has 0 saturated carbocycles. The van der Waals surface area contributed by atoms with Crippen LogP contribution in [0.4, 0.5) is 13.2 Å². The summed E-state index contributed by atoms with van der Waals surface area (Å²) < 4.78 is 45.1. The zero-order valence-corrected chi connectivity index (χ0v) is 11.9. The molecule has 1 atom stereocenters. The molecule has 2 aromatic rings. The molecular formula is C15H13ClF3NO. The summed E-state index contributed by atoms with van der Waals surface area (Å²) in [4.78, 5) is 0. The van der Waals surface area contributed by atoms with Gasteiger partial charge in [-0.25, -0.2) is 13.2 Å². The largest absolute Gasteiger partial charge is 0.496 e. The van der Waals surface area contributed by atoms with Crippen molar-refractivity contribution < 1.29 is 17.9 Å². The van der Waals surface area contributed by atoms with Gasteiger partial charge >= 0.3 is 0 Å². The molecule has 112 valence electrons. The van der Waals surface area contributed by atoms with Crippen molar-refractivity contribution in [3.8, 4) is 5.75 Å². The monoisotopic (exact) mass is 315 g/mol. The van der Waals surface area contributed by atoms with E-state index in [0.29, 0.717) is 16.3 Å². The Bertz CT molecular complexity index is 664. The summed E-state index contributed by atoms with van der Waals surface area (Å²) in [6.07, 6.45) is 0.172. The number of hydrogen-bond donors (Lipinski definition) is 1. The lowest BCUT2D eigenvalue weighted by Gasteiger charge is -2.16. The Hall–Kier alpha value is -1.72. The Morgan fingerprint density at radius 2 is 1.86 bits per heavy atom. The van der Waals surface area contributed by atoms with Gasteiger partial charge in [-0.05, 0) is 36.2 Å². The average Bonchev–Trinajstić information content (AvgIpc) is 2.45. The molecule has 0 aliphatic heterocycles. The molecule has 0 saturated heterocycles. The fourth-order valence-electron chi connectivity index (χ4n) is 2.08. The predicted octanol–water partition coefficient (Wildman–Crippen LogP) is 4.01. The van der Waals surface area contributed by atoms with E-state index in [1.165, 1.54) is 7.11 Å². The molecule has 0 spiro atoms. The second-order valence-corrected chi connectivity index (χ2v) is 4.97. The molecule has 0 bridgehead atoms. The van der Waals surface area contributed by atoms with Gasteiger partial charge in [0.25, 0.3) is 0 Å². The van der Waals surface area contributed by atoms with E-state index in [1.807, 2.05) is 0 Å². The van der Waals surface area contributed by atoms with Gasteiger partial charge in [-0.3, -0.25) is 0 Å². The standard InChI is InChI=1S/C15H13ClF3NO/c1-21-13-5-2-9(16)6-8(13)7-12(20)10-3-4-11(17)15(19)14(10)18/h2-6,12H,7,20H2,1H3. The Morgan fingerprint density at radius 3 is 2.52 bits per heavy atom. The first-order chi connectivity index (χ1) is 9.93. The lowest BCUT2D eigenvalue weighted by Crippen LogP contribution is -2.16. The van der Waals surface area contributed by atoms with Crippen LogP contribution in [0.25, 0.3) is 0 Å². The van der Waals surface area contributed by atoms with Gasteiger partial charge in [-0.2, -0.15) is 0 Å². The summed E-state index contributed by atoms with van der Waals surface area (Å²) in [5.74, 6) is -3.51. The zero-order chi connectivity index (χ0) is 15.6. The lowest BCUT2D eigenvalue weighted by molar-refractivity contribution is 0.406. The third kappa shape index (κ3) is 3.31. The molecule has 1 unspecified atom stereocenters. The maximum Gasteiger partial charge on any atom is 0.194 e. The predicted molar refractivity (Wildman–Crippen MR) is 75.0 cm³/mol. The second-order valence-electron chi connectivity index (χ2n) is 4.53. The van der Waals surface area contributed by atoms with E-state index in [9.17, 15) is 13.2 Å². The van der Waals surface area contributed by atoms with E-state index in [4.69, 9.17) is 22.1 Å². The zero-order valence-electron chi connectivity index (χ0n) is 11.2. The topological polar surface area (TPSA) is 35.2 Å². The number of nitrogens with two attached hydrogens (primary N) is 1. The second kappa shape index (κ2) is 6.37. The average molecular weight is 316 g/mol. The van der Waals surface area contributed by atoms with Crippen LogP contribution < -0.4 is 10.5 Å². The first-order valence-electron chi connectivity index (χ1n) is 6.15.